The number of methoxy groups -OCH3 is 1. The molecule has 154 valence electrons. The minimum absolute atomic E-state index is 0. The number of rotatable bonds is 7. The van der Waals surface area contributed by atoms with Gasteiger partial charge in [0.2, 0.25) is 0 Å². The highest BCUT2D eigenvalue weighted by Gasteiger charge is 2.15. The van der Waals surface area contributed by atoms with Gasteiger partial charge in [-0.2, -0.15) is 0 Å². The van der Waals surface area contributed by atoms with Gasteiger partial charge in [-0.3, -0.25) is 0 Å². The molecule has 0 unspecified atom stereocenters. The highest BCUT2D eigenvalue weighted by Crippen LogP contribution is 2.32. The lowest BCUT2D eigenvalue weighted by molar-refractivity contribution is 0.279. The average Bonchev–Trinajstić information content (AvgIpc) is 2.66. The number of para-hydroxylation sites is 1. The quantitative estimate of drug-likeness (QED) is 0.547. The van der Waals surface area contributed by atoms with E-state index in [2.05, 4.69) is 11.4 Å². The first-order valence-corrected chi connectivity index (χ1v) is 10.4. The monoisotopic (exact) mass is 423 g/mol. The third-order valence-corrected chi connectivity index (χ3v) is 5.67. The molecule has 2 aromatic carbocycles. The Balaban J connectivity index is 0.00000280. The average molecular weight is 424 g/mol. The predicted octanol–water partition coefficient (Wildman–Crippen LogP) is 6.55. The van der Waals surface area contributed by atoms with Crippen LogP contribution in [0.4, 0.5) is 0 Å². The number of benzene rings is 2. The second-order valence-corrected chi connectivity index (χ2v) is 7.66. The number of hydrogen-bond acceptors (Lipinski definition) is 3. The molecule has 0 aliphatic heterocycles. The molecule has 0 aromatic heterocycles. The van der Waals surface area contributed by atoms with E-state index < -0.39 is 0 Å². The van der Waals surface area contributed by atoms with E-state index in [0.29, 0.717) is 12.6 Å². The first-order chi connectivity index (χ1) is 13.3. The van der Waals surface area contributed by atoms with E-state index in [-0.39, 0.29) is 12.4 Å². The van der Waals surface area contributed by atoms with Crippen LogP contribution in [0.2, 0.25) is 5.02 Å². The number of hydrogen-bond donors (Lipinski definition) is 1. The molecule has 0 radical (unpaired) electrons. The fourth-order valence-electron chi connectivity index (χ4n) is 3.70. The lowest BCUT2D eigenvalue weighted by Gasteiger charge is -2.22. The van der Waals surface area contributed by atoms with Crippen molar-refractivity contribution >= 4 is 24.0 Å². The van der Waals surface area contributed by atoms with E-state index in [4.69, 9.17) is 21.1 Å². The normalized spacial score (nSPS) is 15.2. The zero-order chi connectivity index (χ0) is 18.9. The first-order valence-electron chi connectivity index (χ1n) is 10.0. The summed E-state index contributed by atoms with van der Waals surface area (Å²) in [6.07, 6.45) is 9.30. The standard InChI is InChI=1S/C23H30ClNO2.ClH/c1-26-22-15-9-11-18(16-25-20-12-5-3-2-4-6-13-20)23(22)27-17-19-10-7-8-14-21(19)24;/h7-11,14-15,20,25H,2-6,12-13,16-17H2,1H3;1H. The molecule has 3 rings (SSSR count). The molecule has 0 bridgehead atoms. The summed E-state index contributed by atoms with van der Waals surface area (Å²) in [5.41, 5.74) is 2.10. The van der Waals surface area contributed by atoms with Crippen molar-refractivity contribution in [2.45, 2.75) is 64.1 Å². The van der Waals surface area contributed by atoms with E-state index in [1.165, 1.54) is 44.9 Å². The molecular formula is C23H31Cl2NO2. The van der Waals surface area contributed by atoms with Gasteiger partial charge >= 0.3 is 0 Å². The van der Waals surface area contributed by atoms with Crippen LogP contribution in [-0.4, -0.2) is 13.2 Å². The van der Waals surface area contributed by atoms with Gasteiger partial charge in [0.15, 0.2) is 11.5 Å². The Morgan fingerprint density at radius 3 is 2.32 bits per heavy atom. The second kappa shape index (κ2) is 12.2. The molecule has 5 heteroatoms. The Morgan fingerprint density at radius 1 is 0.929 bits per heavy atom. The van der Waals surface area contributed by atoms with Crippen LogP contribution in [0.5, 0.6) is 11.5 Å². The van der Waals surface area contributed by atoms with E-state index in [0.717, 1.165) is 34.2 Å². The van der Waals surface area contributed by atoms with Gasteiger partial charge in [-0.25, -0.2) is 0 Å². The van der Waals surface area contributed by atoms with Crippen LogP contribution in [0, 0.1) is 0 Å². The van der Waals surface area contributed by atoms with Crippen molar-refractivity contribution in [2.75, 3.05) is 7.11 Å². The lowest BCUT2D eigenvalue weighted by Crippen LogP contribution is -2.29. The SMILES string of the molecule is COc1cccc(CNC2CCCCCCC2)c1OCc1ccccc1Cl.Cl. The molecule has 1 N–H and O–H groups in total. The van der Waals surface area contributed by atoms with Crippen molar-refractivity contribution < 1.29 is 9.47 Å². The summed E-state index contributed by atoms with van der Waals surface area (Å²) < 4.78 is 11.7. The first kappa shape index (κ1) is 22.9. The summed E-state index contributed by atoms with van der Waals surface area (Å²) >= 11 is 6.27. The fourth-order valence-corrected chi connectivity index (χ4v) is 3.90. The van der Waals surface area contributed by atoms with Crippen molar-refractivity contribution in [3.05, 3.63) is 58.6 Å². The van der Waals surface area contributed by atoms with Gasteiger partial charge in [0.05, 0.1) is 7.11 Å². The van der Waals surface area contributed by atoms with E-state index in [1.807, 2.05) is 36.4 Å². The topological polar surface area (TPSA) is 30.5 Å². The van der Waals surface area contributed by atoms with Crippen LogP contribution in [0.1, 0.15) is 56.1 Å². The van der Waals surface area contributed by atoms with Crippen LogP contribution in [-0.2, 0) is 13.2 Å². The second-order valence-electron chi connectivity index (χ2n) is 7.25. The summed E-state index contributed by atoms with van der Waals surface area (Å²) in [6.45, 7) is 1.22. The molecule has 0 amide bonds. The molecule has 0 heterocycles. The molecule has 1 saturated carbocycles. The maximum atomic E-state index is 6.27. The van der Waals surface area contributed by atoms with E-state index >= 15 is 0 Å². The third kappa shape index (κ3) is 6.58. The van der Waals surface area contributed by atoms with Gasteiger partial charge in [-0.1, -0.05) is 74.0 Å². The lowest BCUT2D eigenvalue weighted by atomic mass is 9.96. The Hall–Kier alpha value is -1.42. The molecule has 3 nitrogen and oxygen atoms in total. The van der Waals surface area contributed by atoms with Crippen LogP contribution in [0.15, 0.2) is 42.5 Å². The number of ether oxygens (including phenoxy) is 2. The fraction of sp³-hybridized carbons (Fsp3) is 0.478. The minimum atomic E-state index is 0. The maximum Gasteiger partial charge on any atom is 0.166 e. The largest absolute Gasteiger partial charge is 0.493 e. The van der Waals surface area contributed by atoms with Crippen molar-refractivity contribution in [2.24, 2.45) is 0 Å². The number of nitrogens with one attached hydrogen (secondary N) is 1. The van der Waals surface area contributed by atoms with E-state index in [9.17, 15) is 0 Å². The molecule has 0 saturated heterocycles. The van der Waals surface area contributed by atoms with Crippen molar-refractivity contribution in [3.8, 4) is 11.5 Å². The summed E-state index contributed by atoms with van der Waals surface area (Å²) in [7, 11) is 1.68. The van der Waals surface area contributed by atoms with Crippen LogP contribution in [0.3, 0.4) is 0 Å². The van der Waals surface area contributed by atoms with Gasteiger partial charge in [0.1, 0.15) is 6.61 Å². The molecule has 28 heavy (non-hydrogen) atoms. The van der Waals surface area contributed by atoms with Gasteiger partial charge in [0.25, 0.3) is 0 Å². The van der Waals surface area contributed by atoms with Gasteiger partial charge in [-0.05, 0) is 25.0 Å². The number of halogens is 2. The Bertz CT molecular complexity index is 715. The minimum Gasteiger partial charge on any atom is -0.493 e. The summed E-state index contributed by atoms with van der Waals surface area (Å²) in [5.74, 6) is 1.57. The van der Waals surface area contributed by atoms with Gasteiger partial charge in [-0.15, -0.1) is 12.4 Å². The molecule has 0 spiro atoms. The van der Waals surface area contributed by atoms with Crippen molar-refractivity contribution in [3.63, 3.8) is 0 Å². The summed E-state index contributed by atoms with van der Waals surface area (Å²) in [5, 5.41) is 4.47. The van der Waals surface area contributed by atoms with Gasteiger partial charge < -0.3 is 14.8 Å². The molecule has 0 atom stereocenters. The molecule has 1 fully saturated rings. The van der Waals surface area contributed by atoms with Crippen molar-refractivity contribution in [1.29, 1.82) is 0 Å². The van der Waals surface area contributed by atoms with Crippen molar-refractivity contribution in [1.82, 2.24) is 5.32 Å². The Kier molecular flexibility index (Phi) is 9.97. The third-order valence-electron chi connectivity index (χ3n) is 5.30. The summed E-state index contributed by atoms with van der Waals surface area (Å²) in [6, 6.07) is 14.5. The zero-order valence-corrected chi connectivity index (χ0v) is 18.2. The highest BCUT2D eigenvalue weighted by molar-refractivity contribution is 6.31. The maximum absolute atomic E-state index is 6.27. The van der Waals surface area contributed by atoms with Crippen LogP contribution < -0.4 is 14.8 Å². The van der Waals surface area contributed by atoms with Crippen LogP contribution in [0.25, 0.3) is 0 Å². The predicted molar refractivity (Wildman–Crippen MR) is 119 cm³/mol. The van der Waals surface area contributed by atoms with Crippen LogP contribution >= 0.6 is 24.0 Å². The zero-order valence-electron chi connectivity index (χ0n) is 16.6. The summed E-state index contributed by atoms with van der Waals surface area (Å²) in [4.78, 5) is 0. The molecule has 1 aliphatic carbocycles. The molecule has 2 aromatic rings. The Labute approximate surface area is 180 Å². The van der Waals surface area contributed by atoms with E-state index in [1.54, 1.807) is 7.11 Å². The van der Waals surface area contributed by atoms with Gasteiger partial charge in [0, 0.05) is 28.7 Å². The molecule has 1 aliphatic rings. The molecular weight excluding hydrogens is 393 g/mol. The smallest absolute Gasteiger partial charge is 0.166 e. The highest BCUT2D eigenvalue weighted by atomic mass is 35.5. The Morgan fingerprint density at radius 2 is 1.61 bits per heavy atom.